The van der Waals surface area contributed by atoms with Gasteiger partial charge in [-0.2, -0.15) is 0 Å². The van der Waals surface area contributed by atoms with E-state index >= 15 is 0 Å². The summed E-state index contributed by atoms with van der Waals surface area (Å²) < 4.78 is 5.28. The predicted octanol–water partition coefficient (Wildman–Crippen LogP) is 2.68. The fourth-order valence-corrected chi connectivity index (χ4v) is 2.36. The number of benzene rings is 1. The average molecular weight is 205 g/mol. The highest BCUT2D eigenvalue weighted by molar-refractivity contribution is 5.39. The Hall–Kier alpha value is -1.02. The molecule has 0 fully saturated rings. The molecular formula is C13H19NO. The van der Waals surface area contributed by atoms with E-state index in [0.717, 1.165) is 12.3 Å². The van der Waals surface area contributed by atoms with Crippen molar-refractivity contribution in [3.8, 4) is 5.75 Å². The fraction of sp³-hybridized carbons (Fsp3) is 0.538. The molecule has 0 radical (unpaired) electrons. The van der Waals surface area contributed by atoms with Crippen LogP contribution in [0.2, 0.25) is 0 Å². The van der Waals surface area contributed by atoms with E-state index in [9.17, 15) is 0 Å². The summed E-state index contributed by atoms with van der Waals surface area (Å²) in [6, 6.07) is 6.97. The van der Waals surface area contributed by atoms with Gasteiger partial charge < -0.3 is 10.1 Å². The van der Waals surface area contributed by atoms with Crippen LogP contribution in [0.1, 0.15) is 36.9 Å². The molecule has 82 valence electrons. The van der Waals surface area contributed by atoms with Gasteiger partial charge in [-0.3, -0.25) is 0 Å². The Morgan fingerprint density at radius 1 is 1.47 bits per heavy atom. The van der Waals surface area contributed by atoms with Gasteiger partial charge in [-0.05, 0) is 49.1 Å². The van der Waals surface area contributed by atoms with Gasteiger partial charge >= 0.3 is 0 Å². The first-order valence-electron chi connectivity index (χ1n) is 5.75. The summed E-state index contributed by atoms with van der Waals surface area (Å²) in [5.41, 5.74) is 2.91. The van der Waals surface area contributed by atoms with Crippen LogP contribution in [0.25, 0.3) is 0 Å². The van der Waals surface area contributed by atoms with Crippen molar-refractivity contribution in [2.24, 2.45) is 0 Å². The first-order valence-corrected chi connectivity index (χ1v) is 5.75. The van der Waals surface area contributed by atoms with Gasteiger partial charge in [0.15, 0.2) is 0 Å². The van der Waals surface area contributed by atoms with E-state index in [1.54, 1.807) is 7.11 Å². The molecule has 0 heterocycles. The summed E-state index contributed by atoms with van der Waals surface area (Å²) >= 11 is 0. The SMILES string of the molecule is CCNC1CCCc2ccc(OC)cc21. The number of methoxy groups -OCH3 is 1. The van der Waals surface area contributed by atoms with E-state index in [2.05, 4.69) is 30.4 Å². The second-order valence-electron chi connectivity index (χ2n) is 4.07. The molecule has 0 saturated carbocycles. The molecule has 1 atom stereocenters. The van der Waals surface area contributed by atoms with Crippen LogP contribution in [0.3, 0.4) is 0 Å². The molecule has 0 spiro atoms. The van der Waals surface area contributed by atoms with E-state index in [-0.39, 0.29) is 0 Å². The van der Waals surface area contributed by atoms with Crippen LogP contribution in [0.15, 0.2) is 18.2 Å². The van der Waals surface area contributed by atoms with Crippen molar-refractivity contribution in [2.75, 3.05) is 13.7 Å². The third-order valence-electron chi connectivity index (χ3n) is 3.12. The molecule has 1 aliphatic carbocycles. The zero-order valence-corrected chi connectivity index (χ0v) is 9.55. The predicted molar refractivity (Wildman–Crippen MR) is 62.3 cm³/mol. The maximum Gasteiger partial charge on any atom is 0.119 e. The number of aryl methyl sites for hydroxylation is 1. The minimum atomic E-state index is 0.522. The second kappa shape index (κ2) is 4.67. The smallest absolute Gasteiger partial charge is 0.119 e. The molecule has 0 amide bonds. The Morgan fingerprint density at radius 2 is 2.33 bits per heavy atom. The molecular weight excluding hydrogens is 186 g/mol. The van der Waals surface area contributed by atoms with E-state index < -0.39 is 0 Å². The maximum absolute atomic E-state index is 5.28. The number of fused-ring (bicyclic) bond motifs is 1. The van der Waals surface area contributed by atoms with Crippen LogP contribution in [0, 0.1) is 0 Å². The van der Waals surface area contributed by atoms with Gasteiger partial charge in [0, 0.05) is 6.04 Å². The number of hydrogen-bond donors (Lipinski definition) is 1. The van der Waals surface area contributed by atoms with E-state index in [1.165, 1.54) is 30.4 Å². The molecule has 1 aromatic rings. The number of ether oxygens (including phenoxy) is 1. The second-order valence-corrected chi connectivity index (χ2v) is 4.07. The number of nitrogens with one attached hydrogen (secondary N) is 1. The lowest BCUT2D eigenvalue weighted by molar-refractivity contribution is 0.409. The van der Waals surface area contributed by atoms with E-state index in [4.69, 9.17) is 4.74 Å². The van der Waals surface area contributed by atoms with Crippen molar-refractivity contribution in [1.82, 2.24) is 5.32 Å². The Labute approximate surface area is 91.6 Å². The minimum absolute atomic E-state index is 0.522. The summed E-state index contributed by atoms with van der Waals surface area (Å²) in [7, 11) is 1.73. The van der Waals surface area contributed by atoms with Crippen LogP contribution < -0.4 is 10.1 Å². The topological polar surface area (TPSA) is 21.3 Å². The van der Waals surface area contributed by atoms with Crippen LogP contribution in [-0.4, -0.2) is 13.7 Å². The van der Waals surface area contributed by atoms with Crippen molar-refractivity contribution < 1.29 is 4.74 Å². The van der Waals surface area contributed by atoms with Gasteiger partial charge in [0.05, 0.1) is 7.11 Å². The van der Waals surface area contributed by atoms with Gasteiger partial charge in [0.1, 0.15) is 5.75 Å². The van der Waals surface area contributed by atoms with Gasteiger partial charge in [-0.1, -0.05) is 13.0 Å². The van der Waals surface area contributed by atoms with Crippen LogP contribution in [-0.2, 0) is 6.42 Å². The normalized spacial score (nSPS) is 19.7. The summed E-state index contributed by atoms with van der Waals surface area (Å²) in [5.74, 6) is 0.971. The zero-order valence-electron chi connectivity index (χ0n) is 9.55. The summed E-state index contributed by atoms with van der Waals surface area (Å²) in [6.45, 7) is 3.19. The van der Waals surface area contributed by atoms with Crippen molar-refractivity contribution in [2.45, 2.75) is 32.2 Å². The lowest BCUT2D eigenvalue weighted by atomic mass is 9.87. The first-order chi connectivity index (χ1) is 7.35. The highest BCUT2D eigenvalue weighted by Crippen LogP contribution is 2.32. The third-order valence-corrected chi connectivity index (χ3v) is 3.12. The Kier molecular flexibility index (Phi) is 3.27. The molecule has 2 rings (SSSR count). The maximum atomic E-state index is 5.28. The molecule has 2 nitrogen and oxygen atoms in total. The molecule has 0 aromatic heterocycles. The molecule has 1 aromatic carbocycles. The van der Waals surface area contributed by atoms with Crippen LogP contribution >= 0.6 is 0 Å². The van der Waals surface area contributed by atoms with Gasteiger partial charge in [-0.15, -0.1) is 0 Å². The molecule has 15 heavy (non-hydrogen) atoms. The monoisotopic (exact) mass is 205 g/mol. The third kappa shape index (κ3) is 2.15. The Morgan fingerprint density at radius 3 is 3.07 bits per heavy atom. The van der Waals surface area contributed by atoms with Crippen molar-refractivity contribution >= 4 is 0 Å². The van der Waals surface area contributed by atoms with Crippen LogP contribution in [0.5, 0.6) is 5.75 Å². The molecule has 2 heteroatoms. The van der Waals surface area contributed by atoms with Crippen molar-refractivity contribution in [3.63, 3.8) is 0 Å². The van der Waals surface area contributed by atoms with Crippen molar-refractivity contribution in [3.05, 3.63) is 29.3 Å². The molecule has 0 aliphatic heterocycles. The number of rotatable bonds is 3. The van der Waals surface area contributed by atoms with Crippen molar-refractivity contribution in [1.29, 1.82) is 0 Å². The lowest BCUT2D eigenvalue weighted by Crippen LogP contribution is -2.24. The number of hydrogen-bond acceptors (Lipinski definition) is 2. The van der Waals surface area contributed by atoms with E-state index in [0.29, 0.717) is 6.04 Å². The van der Waals surface area contributed by atoms with Gasteiger partial charge in [0.25, 0.3) is 0 Å². The molecule has 1 aliphatic rings. The summed E-state index contributed by atoms with van der Waals surface area (Å²) in [4.78, 5) is 0. The largest absolute Gasteiger partial charge is 0.497 e. The summed E-state index contributed by atoms with van der Waals surface area (Å²) in [5, 5.41) is 3.54. The quantitative estimate of drug-likeness (QED) is 0.819. The van der Waals surface area contributed by atoms with Gasteiger partial charge in [0.2, 0.25) is 0 Å². The zero-order chi connectivity index (χ0) is 10.7. The standard InChI is InChI=1S/C13H19NO/c1-3-14-13-6-4-5-10-7-8-11(15-2)9-12(10)13/h7-9,13-14H,3-6H2,1-2H3. The highest BCUT2D eigenvalue weighted by Gasteiger charge is 2.19. The lowest BCUT2D eigenvalue weighted by Gasteiger charge is -2.26. The highest BCUT2D eigenvalue weighted by atomic mass is 16.5. The van der Waals surface area contributed by atoms with Gasteiger partial charge in [-0.25, -0.2) is 0 Å². The average Bonchev–Trinajstić information content (AvgIpc) is 2.29. The minimum Gasteiger partial charge on any atom is -0.497 e. The molecule has 0 saturated heterocycles. The molecule has 1 N–H and O–H groups in total. The fourth-order valence-electron chi connectivity index (χ4n) is 2.36. The molecule has 1 unspecified atom stereocenters. The van der Waals surface area contributed by atoms with E-state index in [1.807, 2.05) is 0 Å². The van der Waals surface area contributed by atoms with Crippen LogP contribution in [0.4, 0.5) is 0 Å². The Bertz CT molecular complexity index is 335. The molecule has 0 bridgehead atoms. The first kappa shape index (κ1) is 10.5. The summed E-state index contributed by atoms with van der Waals surface area (Å²) in [6.07, 6.45) is 3.74. The Balaban J connectivity index is 2.30.